The summed E-state index contributed by atoms with van der Waals surface area (Å²) in [6.07, 6.45) is 0.893. The van der Waals surface area contributed by atoms with Gasteiger partial charge >= 0.3 is 0 Å². The molecule has 4 nitrogen and oxygen atoms in total. The molecule has 0 saturated carbocycles. The number of ether oxygens (including phenoxy) is 1. The first kappa shape index (κ1) is 14.9. The van der Waals surface area contributed by atoms with Gasteiger partial charge in [-0.3, -0.25) is 4.79 Å². The molecule has 21 heavy (non-hydrogen) atoms. The monoisotopic (exact) mass is 284 g/mol. The van der Waals surface area contributed by atoms with Crippen LogP contribution >= 0.6 is 0 Å². The van der Waals surface area contributed by atoms with Crippen LogP contribution < -0.4 is 15.8 Å². The van der Waals surface area contributed by atoms with Gasteiger partial charge in [0.05, 0.1) is 12.2 Å². The fourth-order valence-corrected chi connectivity index (χ4v) is 1.96. The minimum atomic E-state index is -0.199. The summed E-state index contributed by atoms with van der Waals surface area (Å²) in [5.74, 6) is 0.397. The highest BCUT2D eigenvalue weighted by Crippen LogP contribution is 2.22. The van der Waals surface area contributed by atoms with E-state index in [9.17, 15) is 4.79 Å². The Morgan fingerprint density at radius 1 is 1.24 bits per heavy atom. The van der Waals surface area contributed by atoms with Crippen LogP contribution in [-0.2, 0) is 0 Å². The predicted octanol–water partition coefficient (Wildman–Crippen LogP) is 3.62. The molecule has 0 aliphatic carbocycles. The number of aryl methyl sites for hydroxylation is 1. The van der Waals surface area contributed by atoms with Gasteiger partial charge in [-0.15, -0.1) is 0 Å². The third-order valence-corrected chi connectivity index (χ3v) is 3.10. The van der Waals surface area contributed by atoms with E-state index in [1.807, 2.05) is 38.1 Å². The number of rotatable bonds is 5. The highest BCUT2D eigenvalue weighted by molar-refractivity contribution is 6.06. The number of para-hydroxylation sites is 1. The lowest BCUT2D eigenvalue weighted by Crippen LogP contribution is -2.14. The van der Waals surface area contributed by atoms with E-state index in [0.717, 1.165) is 12.0 Å². The maximum absolute atomic E-state index is 12.4. The standard InChI is InChI=1S/C17H20N2O2/c1-3-10-21-16-7-5-4-6-14(16)17(20)19-15-11-13(18)9-8-12(15)2/h4-9,11H,3,10,18H2,1-2H3,(H,19,20). The number of nitrogens with two attached hydrogens (primary N) is 1. The second-order valence-electron chi connectivity index (χ2n) is 4.87. The minimum absolute atomic E-state index is 0.199. The summed E-state index contributed by atoms with van der Waals surface area (Å²) in [4.78, 5) is 12.4. The summed E-state index contributed by atoms with van der Waals surface area (Å²) in [6, 6.07) is 12.7. The van der Waals surface area contributed by atoms with Crippen LogP contribution in [0.15, 0.2) is 42.5 Å². The first-order chi connectivity index (χ1) is 10.1. The molecular formula is C17H20N2O2. The van der Waals surface area contributed by atoms with Gasteiger partial charge in [-0.2, -0.15) is 0 Å². The van der Waals surface area contributed by atoms with Crippen LogP contribution in [-0.4, -0.2) is 12.5 Å². The maximum Gasteiger partial charge on any atom is 0.259 e. The Morgan fingerprint density at radius 3 is 2.76 bits per heavy atom. The summed E-state index contributed by atoms with van der Waals surface area (Å²) in [6.45, 7) is 4.54. The lowest BCUT2D eigenvalue weighted by Gasteiger charge is -2.12. The fourth-order valence-electron chi connectivity index (χ4n) is 1.96. The first-order valence-electron chi connectivity index (χ1n) is 7.01. The summed E-state index contributed by atoms with van der Waals surface area (Å²) >= 11 is 0. The predicted molar refractivity (Wildman–Crippen MR) is 85.8 cm³/mol. The Kier molecular flexibility index (Phi) is 4.82. The number of hydrogen-bond acceptors (Lipinski definition) is 3. The van der Waals surface area contributed by atoms with E-state index in [-0.39, 0.29) is 5.91 Å². The van der Waals surface area contributed by atoms with Gasteiger partial charge in [-0.25, -0.2) is 0 Å². The molecule has 0 atom stereocenters. The number of carbonyl (C=O) groups is 1. The Morgan fingerprint density at radius 2 is 2.00 bits per heavy atom. The first-order valence-corrected chi connectivity index (χ1v) is 7.01. The van der Waals surface area contributed by atoms with Crippen molar-refractivity contribution in [2.75, 3.05) is 17.7 Å². The van der Waals surface area contributed by atoms with Gasteiger partial charge < -0.3 is 15.8 Å². The van der Waals surface area contributed by atoms with Gasteiger partial charge in [-0.1, -0.05) is 25.1 Å². The van der Waals surface area contributed by atoms with E-state index < -0.39 is 0 Å². The Balaban J connectivity index is 2.22. The van der Waals surface area contributed by atoms with Gasteiger partial charge in [0.1, 0.15) is 5.75 Å². The number of benzene rings is 2. The van der Waals surface area contributed by atoms with Gasteiger partial charge in [0.2, 0.25) is 0 Å². The molecule has 0 fully saturated rings. The molecule has 0 aliphatic rings. The highest BCUT2D eigenvalue weighted by atomic mass is 16.5. The Labute approximate surface area is 124 Å². The number of carbonyl (C=O) groups excluding carboxylic acids is 1. The molecule has 2 rings (SSSR count). The smallest absolute Gasteiger partial charge is 0.259 e. The molecule has 0 heterocycles. The Hall–Kier alpha value is -2.49. The van der Waals surface area contributed by atoms with Gasteiger partial charge in [0, 0.05) is 11.4 Å². The third kappa shape index (κ3) is 3.75. The highest BCUT2D eigenvalue weighted by Gasteiger charge is 2.13. The van der Waals surface area contributed by atoms with Crippen LogP contribution in [0.1, 0.15) is 29.3 Å². The molecule has 0 saturated heterocycles. The van der Waals surface area contributed by atoms with Crippen LogP contribution in [0.2, 0.25) is 0 Å². The van der Waals surface area contributed by atoms with Crippen molar-refractivity contribution in [3.05, 3.63) is 53.6 Å². The van der Waals surface area contributed by atoms with Crippen molar-refractivity contribution in [1.82, 2.24) is 0 Å². The summed E-state index contributed by atoms with van der Waals surface area (Å²) in [7, 11) is 0. The van der Waals surface area contributed by atoms with Crippen molar-refractivity contribution < 1.29 is 9.53 Å². The molecule has 2 aromatic rings. The quantitative estimate of drug-likeness (QED) is 0.824. The second-order valence-corrected chi connectivity index (χ2v) is 4.87. The molecule has 3 N–H and O–H groups in total. The third-order valence-electron chi connectivity index (χ3n) is 3.10. The minimum Gasteiger partial charge on any atom is -0.493 e. The molecule has 0 spiro atoms. The van der Waals surface area contributed by atoms with Crippen LogP contribution in [0.4, 0.5) is 11.4 Å². The van der Waals surface area contributed by atoms with Crippen molar-refractivity contribution in [3.8, 4) is 5.75 Å². The number of anilines is 2. The van der Waals surface area contributed by atoms with Crippen molar-refractivity contribution in [1.29, 1.82) is 0 Å². The van der Waals surface area contributed by atoms with E-state index in [4.69, 9.17) is 10.5 Å². The van der Waals surface area contributed by atoms with E-state index in [1.165, 1.54) is 0 Å². The van der Waals surface area contributed by atoms with Crippen LogP contribution in [0.25, 0.3) is 0 Å². The molecular weight excluding hydrogens is 264 g/mol. The SMILES string of the molecule is CCCOc1ccccc1C(=O)Nc1cc(N)ccc1C. The zero-order chi connectivity index (χ0) is 15.2. The molecule has 0 aliphatic heterocycles. The molecule has 110 valence electrons. The largest absolute Gasteiger partial charge is 0.493 e. The second kappa shape index (κ2) is 6.79. The van der Waals surface area contributed by atoms with E-state index in [2.05, 4.69) is 5.32 Å². The molecule has 0 aromatic heterocycles. The van der Waals surface area contributed by atoms with E-state index >= 15 is 0 Å². The van der Waals surface area contributed by atoms with Crippen LogP contribution in [0, 0.1) is 6.92 Å². The van der Waals surface area contributed by atoms with E-state index in [0.29, 0.717) is 29.3 Å². The summed E-state index contributed by atoms with van der Waals surface area (Å²) < 4.78 is 5.61. The van der Waals surface area contributed by atoms with Gasteiger partial charge in [0.15, 0.2) is 0 Å². The molecule has 0 unspecified atom stereocenters. The molecule has 0 radical (unpaired) electrons. The zero-order valence-electron chi connectivity index (χ0n) is 12.3. The van der Waals surface area contributed by atoms with Crippen molar-refractivity contribution >= 4 is 17.3 Å². The normalized spacial score (nSPS) is 10.2. The number of amides is 1. The molecule has 0 bridgehead atoms. The Bertz CT molecular complexity index is 638. The van der Waals surface area contributed by atoms with E-state index in [1.54, 1.807) is 18.2 Å². The molecule has 4 heteroatoms. The fraction of sp³-hybridized carbons (Fsp3) is 0.235. The lowest BCUT2D eigenvalue weighted by atomic mass is 10.1. The average Bonchev–Trinajstić information content (AvgIpc) is 2.49. The maximum atomic E-state index is 12.4. The van der Waals surface area contributed by atoms with Crippen molar-refractivity contribution in [2.24, 2.45) is 0 Å². The number of nitrogens with one attached hydrogen (secondary N) is 1. The summed E-state index contributed by atoms with van der Waals surface area (Å²) in [5, 5.41) is 2.89. The van der Waals surface area contributed by atoms with Crippen LogP contribution in [0.3, 0.4) is 0 Å². The zero-order valence-corrected chi connectivity index (χ0v) is 12.3. The number of hydrogen-bond donors (Lipinski definition) is 2. The molecule has 2 aromatic carbocycles. The van der Waals surface area contributed by atoms with Crippen LogP contribution in [0.5, 0.6) is 5.75 Å². The number of nitrogen functional groups attached to an aromatic ring is 1. The average molecular weight is 284 g/mol. The van der Waals surface area contributed by atoms with Gasteiger partial charge in [0.25, 0.3) is 5.91 Å². The molecule has 1 amide bonds. The van der Waals surface area contributed by atoms with Gasteiger partial charge in [-0.05, 0) is 43.2 Å². The van der Waals surface area contributed by atoms with Crippen molar-refractivity contribution in [2.45, 2.75) is 20.3 Å². The summed E-state index contributed by atoms with van der Waals surface area (Å²) in [5.41, 5.74) is 8.58. The lowest BCUT2D eigenvalue weighted by molar-refractivity contribution is 0.102. The topological polar surface area (TPSA) is 64.3 Å². The van der Waals surface area contributed by atoms with Crippen molar-refractivity contribution in [3.63, 3.8) is 0 Å².